The lowest BCUT2D eigenvalue weighted by atomic mass is 9.89. The lowest BCUT2D eigenvalue weighted by Crippen LogP contribution is -2.38. The van der Waals surface area contributed by atoms with Crippen molar-refractivity contribution in [1.82, 2.24) is 9.88 Å². The Bertz CT molecular complexity index is 1030. The van der Waals surface area contributed by atoms with E-state index in [1.165, 1.54) is 17.7 Å². The zero-order valence-electron chi connectivity index (χ0n) is 15.9. The molecule has 4 nitrogen and oxygen atoms in total. The molecule has 1 N–H and O–H groups in total. The topological polar surface area (TPSA) is 45.3 Å². The van der Waals surface area contributed by atoms with Crippen LogP contribution < -0.4 is 4.74 Å². The van der Waals surface area contributed by atoms with Crippen molar-refractivity contribution in [3.63, 3.8) is 0 Å². The third kappa shape index (κ3) is 3.81. The average Bonchev–Trinajstić information content (AvgIpc) is 3.16. The molecule has 0 spiro atoms. The number of piperidine rings is 1. The minimum Gasteiger partial charge on any atom is -0.497 e. The molecule has 4 rings (SSSR count). The number of aromatic nitrogens is 1. The SMILES string of the molecule is COc1ccc2[nH]cc(C3CCN(C(=O)c4cccc(C(F)(F)F)c4)CC3)c2c1. The number of alkyl halides is 3. The number of methoxy groups -OCH3 is 1. The maximum Gasteiger partial charge on any atom is 0.416 e. The van der Waals surface area contributed by atoms with Gasteiger partial charge in [-0.15, -0.1) is 0 Å². The Balaban J connectivity index is 1.48. The molecule has 7 heteroatoms. The highest BCUT2D eigenvalue weighted by atomic mass is 19.4. The zero-order valence-corrected chi connectivity index (χ0v) is 15.9. The molecule has 1 aliphatic rings. The number of hydrogen-bond acceptors (Lipinski definition) is 2. The van der Waals surface area contributed by atoms with Gasteiger partial charge >= 0.3 is 6.18 Å². The van der Waals surface area contributed by atoms with Crippen LogP contribution in [0.3, 0.4) is 0 Å². The summed E-state index contributed by atoms with van der Waals surface area (Å²) in [6, 6.07) is 10.5. The molecule has 1 aromatic heterocycles. The van der Waals surface area contributed by atoms with E-state index in [1.54, 1.807) is 12.0 Å². The summed E-state index contributed by atoms with van der Waals surface area (Å²) in [5.74, 6) is 0.715. The number of carbonyl (C=O) groups is 1. The van der Waals surface area contributed by atoms with E-state index in [4.69, 9.17) is 4.74 Å². The Labute approximate surface area is 166 Å². The maximum atomic E-state index is 12.9. The first-order valence-electron chi connectivity index (χ1n) is 9.48. The number of nitrogens with one attached hydrogen (secondary N) is 1. The molecule has 2 aromatic carbocycles. The minimum atomic E-state index is -4.46. The molecule has 1 fully saturated rings. The van der Waals surface area contributed by atoms with Crippen molar-refractivity contribution in [3.8, 4) is 5.75 Å². The molecule has 0 bridgehead atoms. The molecule has 0 atom stereocenters. The van der Waals surface area contributed by atoms with Crippen LogP contribution >= 0.6 is 0 Å². The van der Waals surface area contributed by atoms with E-state index in [9.17, 15) is 18.0 Å². The van der Waals surface area contributed by atoms with Crippen molar-refractivity contribution in [3.05, 3.63) is 65.4 Å². The number of hydrogen-bond donors (Lipinski definition) is 1. The number of aromatic amines is 1. The van der Waals surface area contributed by atoms with Gasteiger partial charge in [-0.25, -0.2) is 0 Å². The Morgan fingerprint density at radius 3 is 2.59 bits per heavy atom. The van der Waals surface area contributed by atoms with Gasteiger partial charge in [0.2, 0.25) is 0 Å². The second kappa shape index (κ2) is 7.46. The molecule has 1 saturated heterocycles. The van der Waals surface area contributed by atoms with E-state index < -0.39 is 11.7 Å². The van der Waals surface area contributed by atoms with Gasteiger partial charge in [0.1, 0.15) is 5.75 Å². The van der Waals surface area contributed by atoms with Gasteiger partial charge in [0.25, 0.3) is 5.91 Å². The van der Waals surface area contributed by atoms with Crippen LogP contribution in [0.2, 0.25) is 0 Å². The number of fused-ring (bicyclic) bond motifs is 1. The van der Waals surface area contributed by atoms with Gasteiger partial charge in [-0.1, -0.05) is 6.07 Å². The molecule has 29 heavy (non-hydrogen) atoms. The van der Waals surface area contributed by atoms with Gasteiger partial charge in [0, 0.05) is 35.8 Å². The van der Waals surface area contributed by atoms with Crippen molar-refractivity contribution >= 4 is 16.8 Å². The molecule has 0 aliphatic carbocycles. The molecule has 0 radical (unpaired) electrons. The Hall–Kier alpha value is -2.96. The van der Waals surface area contributed by atoms with E-state index in [2.05, 4.69) is 4.98 Å². The second-order valence-electron chi connectivity index (χ2n) is 7.30. The van der Waals surface area contributed by atoms with E-state index in [-0.39, 0.29) is 17.4 Å². The van der Waals surface area contributed by atoms with E-state index in [0.29, 0.717) is 13.1 Å². The number of benzene rings is 2. The van der Waals surface area contributed by atoms with Crippen LogP contribution in [0, 0.1) is 0 Å². The number of carbonyl (C=O) groups excluding carboxylic acids is 1. The summed E-state index contributed by atoms with van der Waals surface area (Å²) in [5, 5.41) is 1.10. The Morgan fingerprint density at radius 2 is 1.90 bits per heavy atom. The third-order valence-electron chi connectivity index (χ3n) is 5.58. The standard InChI is InChI=1S/C22H21F3N2O2/c1-29-17-5-6-20-18(12-17)19(13-26-20)14-7-9-27(10-8-14)21(28)15-3-2-4-16(11-15)22(23,24)25/h2-6,11-14,26H,7-10H2,1H3. The molecule has 0 unspecified atom stereocenters. The number of ether oxygens (including phenoxy) is 1. The molecule has 1 amide bonds. The molecule has 1 aliphatic heterocycles. The van der Waals surface area contributed by atoms with Crippen LogP contribution in [0.15, 0.2) is 48.7 Å². The van der Waals surface area contributed by atoms with Crippen molar-refractivity contribution in [1.29, 1.82) is 0 Å². The Kier molecular flexibility index (Phi) is 4.98. The Morgan fingerprint density at radius 1 is 1.14 bits per heavy atom. The molecule has 152 valence electrons. The normalized spacial score (nSPS) is 15.7. The number of likely N-dealkylation sites (tertiary alicyclic amines) is 1. The smallest absolute Gasteiger partial charge is 0.416 e. The highest BCUT2D eigenvalue weighted by Crippen LogP contribution is 2.35. The fourth-order valence-electron chi connectivity index (χ4n) is 3.99. The van der Waals surface area contributed by atoms with Crippen LogP contribution in [-0.4, -0.2) is 36.0 Å². The number of halogens is 3. The maximum absolute atomic E-state index is 12.9. The fourth-order valence-corrected chi connectivity index (χ4v) is 3.99. The fraction of sp³-hybridized carbons (Fsp3) is 0.318. The first kappa shape index (κ1) is 19.4. The van der Waals surface area contributed by atoms with Gasteiger partial charge in [0.15, 0.2) is 0 Å². The van der Waals surface area contributed by atoms with Crippen molar-refractivity contribution < 1.29 is 22.7 Å². The van der Waals surface area contributed by atoms with Gasteiger partial charge in [0.05, 0.1) is 12.7 Å². The van der Waals surface area contributed by atoms with Gasteiger partial charge < -0.3 is 14.6 Å². The van der Waals surface area contributed by atoms with Crippen LogP contribution in [-0.2, 0) is 6.18 Å². The average molecular weight is 402 g/mol. The van der Waals surface area contributed by atoms with Crippen LogP contribution in [0.25, 0.3) is 10.9 Å². The summed E-state index contributed by atoms with van der Waals surface area (Å²) in [5.41, 5.74) is 1.49. The van der Waals surface area contributed by atoms with Crippen LogP contribution in [0.4, 0.5) is 13.2 Å². The quantitative estimate of drug-likeness (QED) is 0.653. The van der Waals surface area contributed by atoms with E-state index in [1.807, 2.05) is 24.4 Å². The first-order chi connectivity index (χ1) is 13.9. The van der Waals surface area contributed by atoms with Gasteiger partial charge in [-0.3, -0.25) is 4.79 Å². The van der Waals surface area contributed by atoms with Gasteiger partial charge in [-0.05, 0) is 60.7 Å². The molecule has 2 heterocycles. The summed E-state index contributed by atoms with van der Waals surface area (Å²) >= 11 is 0. The largest absolute Gasteiger partial charge is 0.497 e. The number of rotatable bonds is 3. The van der Waals surface area contributed by atoms with Crippen LogP contribution in [0.5, 0.6) is 5.75 Å². The van der Waals surface area contributed by atoms with Crippen molar-refractivity contribution in [2.45, 2.75) is 24.9 Å². The number of H-pyrrole nitrogens is 1. The van der Waals surface area contributed by atoms with Crippen molar-refractivity contribution in [2.24, 2.45) is 0 Å². The molecular weight excluding hydrogens is 381 g/mol. The van der Waals surface area contributed by atoms with Crippen molar-refractivity contribution in [2.75, 3.05) is 20.2 Å². The van der Waals surface area contributed by atoms with Crippen LogP contribution in [0.1, 0.15) is 40.2 Å². The molecule has 0 saturated carbocycles. The highest BCUT2D eigenvalue weighted by Gasteiger charge is 2.32. The summed E-state index contributed by atoms with van der Waals surface area (Å²) in [6.45, 7) is 1.02. The minimum absolute atomic E-state index is 0.0788. The third-order valence-corrected chi connectivity index (χ3v) is 5.58. The van der Waals surface area contributed by atoms with Gasteiger partial charge in [-0.2, -0.15) is 13.2 Å². The summed E-state index contributed by atoms with van der Waals surface area (Å²) < 4.78 is 44.1. The molecular formula is C22H21F3N2O2. The summed E-state index contributed by atoms with van der Waals surface area (Å²) in [7, 11) is 1.63. The number of nitrogens with zero attached hydrogens (tertiary/aromatic N) is 1. The second-order valence-corrected chi connectivity index (χ2v) is 7.30. The van der Waals surface area contributed by atoms with E-state index >= 15 is 0 Å². The first-order valence-corrected chi connectivity index (χ1v) is 9.48. The molecule has 3 aromatic rings. The number of amides is 1. The predicted octanol–water partition coefficient (Wildman–Crippen LogP) is 5.22. The monoisotopic (exact) mass is 402 g/mol. The summed E-state index contributed by atoms with van der Waals surface area (Å²) in [4.78, 5) is 17.6. The summed E-state index contributed by atoms with van der Waals surface area (Å²) in [6.07, 6.45) is -0.942. The predicted molar refractivity (Wildman–Crippen MR) is 104 cm³/mol. The lowest BCUT2D eigenvalue weighted by molar-refractivity contribution is -0.137. The zero-order chi connectivity index (χ0) is 20.6. The lowest BCUT2D eigenvalue weighted by Gasteiger charge is -2.32. The van der Waals surface area contributed by atoms with E-state index in [0.717, 1.165) is 41.6 Å². The highest BCUT2D eigenvalue weighted by molar-refractivity contribution is 5.94.